The second kappa shape index (κ2) is 6.19. The molecule has 0 atom stereocenters. The molecule has 0 fully saturated rings. The van der Waals surface area contributed by atoms with E-state index in [0.717, 1.165) is 24.4 Å². The molecule has 0 unspecified atom stereocenters. The predicted octanol–water partition coefficient (Wildman–Crippen LogP) is 3.95. The van der Waals surface area contributed by atoms with Crippen molar-refractivity contribution in [2.24, 2.45) is 0 Å². The normalized spacial score (nSPS) is 10.7. The van der Waals surface area contributed by atoms with Crippen molar-refractivity contribution in [2.45, 2.75) is 33.4 Å². The van der Waals surface area contributed by atoms with E-state index in [1.54, 1.807) is 6.07 Å². The van der Waals surface area contributed by atoms with Gasteiger partial charge in [-0.05, 0) is 53.5 Å². The molecular weight excluding hydrogens is 311 g/mol. The van der Waals surface area contributed by atoms with Crippen molar-refractivity contribution in [1.29, 1.82) is 0 Å². The molecule has 1 aromatic heterocycles. The monoisotopic (exact) mass is 326 g/mol. The van der Waals surface area contributed by atoms with Crippen LogP contribution in [0, 0.1) is 5.82 Å². The Morgan fingerprint density at radius 2 is 2.11 bits per heavy atom. The summed E-state index contributed by atoms with van der Waals surface area (Å²) in [5.41, 5.74) is 2.08. The molecule has 0 saturated carbocycles. The van der Waals surface area contributed by atoms with E-state index in [1.807, 2.05) is 17.7 Å². The molecule has 0 aliphatic heterocycles. The third kappa shape index (κ3) is 3.35. The maximum atomic E-state index is 13.0. The van der Waals surface area contributed by atoms with E-state index in [4.69, 9.17) is 4.74 Å². The van der Waals surface area contributed by atoms with Crippen molar-refractivity contribution in [3.05, 3.63) is 45.9 Å². The topological polar surface area (TPSA) is 27.1 Å². The van der Waals surface area contributed by atoms with Gasteiger partial charge in [-0.3, -0.25) is 4.68 Å². The maximum absolute atomic E-state index is 13.0. The Balaban J connectivity index is 2.11. The van der Waals surface area contributed by atoms with Gasteiger partial charge in [0.25, 0.3) is 0 Å². The molecular formula is C14H16BrFN2O. The number of rotatable bonds is 5. The molecule has 0 saturated heterocycles. The zero-order chi connectivity index (χ0) is 13.8. The molecule has 0 aliphatic carbocycles. The first-order valence-corrected chi connectivity index (χ1v) is 7.06. The van der Waals surface area contributed by atoms with E-state index in [-0.39, 0.29) is 5.82 Å². The van der Waals surface area contributed by atoms with Gasteiger partial charge in [-0.25, -0.2) is 4.39 Å². The molecule has 1 aromatic carbocycles. The van der Waals surface area contributed by atoms with E-state index in [2.05, 4.69) is 28.0 Å². The van der Waals surface area contributed by atoms with Crippen LogP contribution < -0.4 is 4.74 Å². The fraction of sp³-hybridized carbons (Fsp3) is 0.357. The van der Waals surface area contributed by atoms with Gasteiger partial charge in [-0.15, -0.1) is 0 Å². The van der Waals surface area contributed by atoms with Crippen LogP contribution >= 0.6 is 15.9 Å². The van der Waals surface area contributed by atoms with E-state index in [9.17, 15) is 4.39 Å². The Hall–Kier alpha value is -1.36. The Labute approximate surface area is 120 Å². The lowest BCUT2D eigenvalue weighted by molar-refractivity contribution is 0.290. The molecule has 0 aliphatic rings. The molecule has 19 heavy (non-hydrogen) atoms. The van der Waals surface area contributed by atoms with Gasteiger partial charge in [0.1, 0.15) is 18.2 Å². The van der Waals surface area contributed by atoms with Crippen LogP contribution in [0.5, 0.6) is 5.75 Å². The SMILES string of the molecule is CCc1cc(COc2ccc(F)cc2Br)n(CC)n1. The zero-order valence-electron chi connectivity index (χ0n) is 11.0. The summed E-state index contributed by atoms with van der Waals surface area (Å²) in [7, 11) is 0. The van der Waals surface area contributed by atoms with Crippen LogP contribution in [-0.2, 0) is 19.6 Å². The highest BCUT2D eigenvalue weighted by Gasteiger charge is 2.08. The van der Waals surface area contributed by atoms with Crippen LogP contribution in [0.1, 0.15) is 25.2 Å². The van der Waals surface area contributed by atoms with Crippen molar-refractivity contribution in [2.75, 3.05) is 0 Å². The van der Waals surface area contributed by atoms with E-state index >= 15 is 0 Å². The average Bonchev–Trinajstić information content (AvgIpc) is 2.80. The lowest BCUT2D eigenvalue weighted by atomic mass is 10.3. The predicted molar refractivity (Wildman–Crippen MR) is 75.7 cm³/mol. The first kappa shape index (κ1) is 14.1. The summed E-state index contributed by atoms with van der Waals surface area (Å²) in [5, 5.41) is 4.46. The molecule has 2 aromatic rings. The molecule has 0 bridgehead atoms. The first-order valence-electron chi connectivity index (χ1n) is 6.27. The number of aromatic nitrogens is 2. The number of ether oxygens (including phenoxy) is 1. The van der Waals surface area contributed by atoms with Gasteiger partial charge in [0.05, 0.1) is 15.9 Å². The van der Waals surface area contributed by atoms with Crippen molar-refractivity contribution in [3.63, 3.8) is 0 Å². The summed E-state index contributed by atoms with van der Waals surface area (Å²) < 4.78 is 21.2. The summed E-state index contributed by atoms with van der Waals surface area (Å²) in [6, 6.07) is 6.44. The van der Waals surface area contributed by atoms with Gasteiger partial charge in [-0.2, -0.15) is 5.10 Å². The maximum Gasteiger partial charge on any atom is 0.134 e. The second-order valence-electron chi connectivity index (χ2n) is 4.16. The summed E-state index contributed by atoms with van der Waals surface area (Å²) in [6.07, 6.45) is 0.903. The Kier molecular flexibility index (Phi) is 4.58. The Morgan fingerprint density at radius 1 is 1.32 bits per heavy atom. The highest BCUT2D eigenvalue weighted by molar-refractivity contribution is 9.10. The number of nitrogens with zero attached hydrogens (tertiary/aromatic N) is 2. The second-order valence-corrected chi connectivity index (χ2v) is 5.01. The molecule has 5 heteroatoms. The molecule has 2 rings (SSSR count). The summed E-state index contributed by atoms with van der Waals surface area (Å²) >= 11 is 3.29. The standard InChI is InChI=1S/C14H16BrFN2O/c1-3-11-8-12(18(4-2)17-11)9-19-14-6-5-10(16)7-13(14)15/h5-8H,3-4,9H2,1-2H3. The van der Waals surface area contributed by atoms with Crippen LogP contribution in [0.15, 0.2) is 28.7 Å². The summed E-state index contributed by atoms with van der Waals surface area (Å²) in [5.74, 6) is 0.342. The molecule has 0 spiro atoms. The van der Waals surface area contributed by atoms with Crippen LogP contribution in [0.25, 0.3) is 0 Å². The lowest BCUT2D eigenvalue weighted by Gasteiger charge is -2.09. The minimum Gasteiger partial charge on any atom is -0.486 e. The van der Waals surface area contributed by atoms with Crippen LogP contribution in [0.3, 0.4) is 0 Å². The van der Waals surface area contributed by atoms with Gasteiger partial charge in [0.15, 0.2) is 0 Å². The Bertz CT molecular complexity index is 569. The van der Waals surface area contributed by atoms with Crippen LogP contribution in [0.4, 0.5) is 4.39 Å². The smallest absolute Gasteiger partial charge is 0.134 e. The Morgan fingerprint density at radius 3 is 2.74 bits per heavy atom. The molecule has 1 heterocycles. The number of hydrogen-bond donors (Lipinski definition) is 0. The fourth-order valence-corrected chi connectivity index (χ4v) is 2.29. The van der Waals surface area contributed by atoms with Gasteiger partial charge in [0.2, 0.25) is 0 Å². The van der Waals surface area contributed by atoms with Crippen molar-refractivity contribution >= 4 is 15.9 Å². The number of hydrogen-bond acceptors (Lipinski definition) is 2. The quantitative estimate of drug-likeness (QED) is 0.831. The molecule has 0 amide bonds. The van der Waals surface area contributed by atoms with Crippen molar-refractivity contribution in [3.8, 4) is 5.75 Å². The number of aryl methyl sites for hydroxylation is 2. The van der Waals surface area contributed by atoms with Gasteiger partial charge in [-0.1, -0.05) is 6.92 Å². The summed E-state index contributed by atoms with van der Waals surface area (Å²) in [6.45, 7) is 5.35. The highest BCUT2D eigenvalue weighted by Crippen LogP contribution is 2.26. The van der Waals surface area contributed by atoms with Gasteiger partial charge < -0.3 is 4.74 Å². The molecule has 0 radical (unpaired) electrons. The van der Waals surface area contributed by atoms with Crippen LogP contribution in [-0.4, -0.2) is 9.78 Å². The molecule has 3 nitrogen and oxygen atoms in total. The highest BCUT2D eigenvalue weighted by atomic mass is 79.9. The molecule has 0 N–H and O–H groups in total. The number of benzene rings is 1. The van der Waals surface area contributed by atoms with Gasteiger partial charge in [0, 0.05) is 6.54 Å². The fourth-order valence-electron chi connectivity index (χ4n) is 1.82. The summed E-state index contributed by atoms with van der Waals surface area (Å²) in [4.78, 5) is 0. The third-order valence-electron chi connectivity index (χ3n) is 2.85. The number of halogens is 2. The minimum atomic E-state index is -0.286. The van der Waals surface area contributed by atoms with Gasteiger partial charge >= 0.3 is 0 Å². The first-order chi connectivity index (χ1) is 9.13. The average molecular weight is 327 g/mol. The van der Waals surface area contributed by atoms with E-state index in [1.165, 1.54) is 12.1 Å². The lowest BCUT2D eigenvalue weighted by Crippen LogP contribution is -2.06. The van der Waals surface area contributed by atoms with Crippen molar-refractivity contribution in [1.82, 2.24) is 9.78 Å². The van der Waals surface area contributed by atoms with Crippen molar-refractivity contribution < 1.29 is 9.13 Å². The van der Waals surface area contributed by atoms with E-state index < -0.39 is 0 Å². The third-order valence-corrected chi connectivity index (χ3v) is 3.46. The minimum absolute atomic E-state index is 0.286. The molecule has 102 valence electrons. The largest absolute Gasteiger partial charge is 0.486 e. The van der Waals surface area contributed by atoms with E-state index in [0.29, 0.717) is 16.8 Å². The zero-order valence-corrected chi connectivity index (χ0v) is 12.6. The van der Waals surface area contributed by atoms with Crippen LogP contribution in [0.2, 0.25) is 0 Å².